The second-order valence-electron chi connectivity index (χ2n) is 4.98. The van der Waals surface area contributed by atoms with Crippen molar-refractivity contribution in [2.45, 2.75) is 0 Å². The van der Waals surface area contributed by atoms with Crippen molar-refractivity contribution >= 4 is 46.3 Å². The second kappa shape index (κ2) is 6.95. The van der Waals surface area contributed by atoms with Crippen LogP contribution >= 0.6 is 23.4 Å². The number of imide groups is 1. The Labute approximate surface area is 148 Å². The van der Waals surface area contributed by atoms with Crippen LogP contribution in [0.4, 0.5) is 10.5 Å². The number of halogens is 1. The lowest BCUT2D eigenvalue weighted by atomic mass is 10.2. The first-order chi connectivity index (χ1) is 11.5. The molecule has 0 bridgehead atoms. The highest BCUT2D eigenvalue weighted by atomic mass is 35.5. The summed E-state index contributed by atoms with van der Waals surface area (Å²) in [6, 6.07) is 15.4. The number of rotatable bonds is 3. The first kappa shape index (κ1) is 16.4. The van der Waals surface area contributed by atoms with Crippen molar-refractivity contribution in [3.63, 3.8) is 0 Å². The Kier molecular flexibility index (Phi) is 4.74. The van der Waals surface area contributed by atoms with Gasteiger partial charge in [-0.15, -0.1) is 0 Å². The smallest absolute Gasteiger partial charge is 0.298 e. The van der Waals surface area contributed by atoms with E-state index in [2.05, 4.69) is 0 Å². The first-order valence-corrected chi connectivity index (χ1v) is 8.23. The summed E-state index contributed by atoms with van der Waals surface area (Å²) < 4.78 is 0. The molecule has 1 heterocycles. The quantitative estimate of drug-likeness (QED) is 0.805. The number of aromatic hydroxyl groups is 1. The average Bonchev–Trinajstić information content (AvgIpc) is 2.82. The van der Waals surface area contributed by atoms with Crippen molar-refractivity contribution in [2.75, 3.05) is 4.90 Å². The number of benzene rings is 2. The molecule has 1 aliphatic heterocycles. The van der Waals surface area contributed by atoms with Crippen molar-refractivity contribution < 1.29 is 14.7 Å². The van der Waals surface area contributed by atoms with Gasteiger partial charge in [0.25, 0.3) is 11.1 Å². The van der Waals surface area contributed by atoms with Crippen LogP contribution in [0.5, 0.6) is 5.75 Å². The molecule has 1 fully saturated rings. The third-order valence-corrected chi connectivity index (χ3v) is 4.34. The van der Waals surface area contributed by atoms with Crippen LogP contribution in [-0.4, -0.2) is 16.3 Å². The highest BCUT2D eigenvalue weighted by Gasteiger charge is 2.36. The molecule has 0 atom stereocenters. The molecule has 1 aliphatic rings. The molecule has 3 rings (SSSR count). The fourth-order valence-electron chi connectivity index (χ4n) is 2.20. The predicted octanol–water partition coefficient (Wildman–Crippen LogP) is 4.76. The van der Waals surface area contributed by atoms with Crippen LogP contribution in [0.3, 0.4) is 0 Å². The normalized spacial score (nSPS) is 17.0. The highest BCUT2D eigenvalue weighted by Crippen LogP contribution is 2.36. The summed E-state index contributed by atoms with van der Waals surface area (Å²) in [5, 5.41) is 9.44. The Bertz CT molecular complexity index is 862. The SMILES string of the molecule is O=C1S/C(=C\C(Cl)=C\c2ccccc2)C(=O)N1c1cccc(O)c1. The molecule has 0 spiro atoms. The molecular weight excluding hydrogens is 346 g/mol. The molecule has 0 unspecified atom stereocenters. The summed E-state index contributed by atoms with van der Waals surface area (Å²) in [5.74, 6) is -0.479. The maximum absolute atomic E-state index is 12.5. The van der Waals surface area contributed by atoms with Crippen molar-refractivity contribution in [2.24, 2.45) is 0 Å². The van der Waals surface area contributed by atoms with Crippen LogP contribution in [0.2, 0.25) is 0 Å². The summed E-state index contributed by atoms with van der Waals surface area (Å²) in [5.41, 5.74) is 1.22. The number of thioether (sulfide) groups is 1. The van der Waals surface area contributed by atoms with Gasteiger partial charge < -0.3 is 5.11 Å². The number of phenolic OH excluding ortho intramolecular Hbond substituents is 1. The minimum Gasteiger partial charge on any atom is -0.508 e. The van der Waals surface area contributed by atoms with Crippen molar-refractivity contribution in [3.05, 3.63) is 76.2 Å². The van der Waals surface area contributed by atoms with Gasteiger partial charge in [0.15, 0.2) is 0 Å². The summed E-state index contributed by atoms with van der Waals surface area (Å²) >= 11 is 6.99. The maximum atomic E-state index is 12.5. The third kappa shape index (κ3) is 3.53. The third-order valence-electron chi connectivity index (χ3n) is 3.25. The second-order valence-corrected chi connectivity index (χ2v) is 6.41. The molecule has 0 aromatic heterocycles. The molecule has 0 saturated carbocycles. The number of hydrogen-bond donors (Lipinski definition) is 1. The van der Waals surface area contributed by atoms with Gasteiger partial charge in [0.05, 0.1) is 10.6 Å². The van der Waals surface area contributed by atoms with Gasteiger partial charge in [-0.25, -0.2) is 4.90 Å². The van der Waals surface area contributed by atoms with E-state index in [4.69, 9.17) is 11.6 Å². The molecule has 6 heteroatoms. The number of phenols is 1. The standard InChI is InChI=1S/C18H12ClNO3S/c19-13(9-12-5-2-1-3-6-12)10-16-17(22)20(18(23)24-16)14-7-4-8-15(21)11-14/h1-11,21H/b13-9-,16-10-. The van der Waals surface area contributed by atoms with Crippen LogP contribution in [-0.2, 0) is 4.79 Å². The van der Waals surface area contributed by atoms with Gasteiger partial charge in [-0.05, 0) is 41.6 Å². The fraction of sp³-hybridized carbons (Fsp3) is 0. The van der Waals surface area contributed by atoms with Crippen LogP contribution in [0, 0.1) is 0 Å². The molecule has 2 aromatic rings. The molecule has 0 aliphatic carbocycles. The maximum Gasteiger partial charge on any atom is 0.298 e. The predicted molar refractivity (Wildman–Crippen MR) is 96.9 cm³/mol. The first-order valence-electron chi connectivity index (χ1n) is 7.04. The zero-order valence-corrected chi connectivity index (χ0v) is 13.9. The molecule has 4 nitrogen and oxygen atoms in total. The Balaban J connectivity index is 1.87. The molecular formula is C18H12ClNO3S. The molecule has 2 amide bonds. The fourth-order valence-corrected chi connectivity index (χ4v) is 3.33. The van der Waals surface area contributed by atoms with E-state index >= 15 is 0 Å². The Morgan fingerprint density at radius 2 is 1.83 bits per heavy atom. The molecule has 1 saturated heterocycles. The van der Waals surface area contributed by atoms with E-state index in [0.29, 0.717) is 10.7 Å². The highest BCUT2D eigenvalue weighted by molar-refractivity contribution is 8.18. The lowest BCUT2D eigenvalue weighted by molar-refractivity contribution is -0.113. The summed E-state index contributed by atoms with van der Waals surface area (Å²) in [6.45, 7) is 0. The van der Waals surface area contributed by atoms with Crippen molar-refractivity contribution in [1.29, 1.82) is 0 Å². The van der Waals surface area contributed by atoms with Crippen molar-refractivity contribution in [3.8, 4) is 5.75 Å². The van der Waals surface area contributed by atoms with E-state index in [0.717, 1.165) is 22.2 Å². The monoisotopic (exact) mass is 357 g/mol. The van der Waals surface area contributed by atoms with Gasteiger partial charge in [-0.2, -0.15) is 0 Å². The van der Waals surface area contributed by atoms with Gasteiger partial charge in [-0.1, -0.05) is 48.0 Å². The number of anilines is 1. The van der Waals surface area contributed by atoms with E-state index in [1.807, 2.05) is 30.3 Å². The lowest BCUT2D eigenvalue weighted by Crippen LogP contribution is -2.27. The Morgan fingerprint density at radius 1 is 1.08 bits per heavy atom. The lowest BCUT2D eigenvalue weighted by Gasteiger charge is -2.12. The molecule has 0 radical (unpaired) electrons. The molecule has 120 valence electrons. The van der Waals surface area contributed by atoms with E-state index in [-0.39, 0.29) is 10.7 Å². The number of hydrogen-bond acceptors (Lipinski definition) is 4. The number of allylic oxidation sites excluding steroid dienone is 2. The minimum absolute atomic E-state index is 0.0162. The average molecular weight is 358 g/mol. The van der Waals surface area contributed by atoms with Gasteiger partial charge >= 0.3 is 0 Å². The van der Waals surface area contributed by atoms with E-state index < -0.39 is 11.1 Å². The topological polar surface area (TPSA) is 57.6 Å². The van der Waals surface area contributed by atoms with E-state index in [9.17, 15) is 14.7 Å². The summed E-state index contributed by atoms with van der Waals surface area (Å²) in [6.07, 6.45) is 3.19. The van der Waals surface area contributed by atoms with Crippen LogP contribution in [0.1, 0.15) is 5.56 Å². The Morgan fingerprint density at radius 3 is 2.54 bits per heavy atom. The number of amides is 2. The van der Waals surface area contributed by atoms with E-state index in [1.54, 1.807) is 18.2 Å². The molecule has 1 N–H and O–H groups in total. The Hall–Kier alpha value is -2.50. The largest absolute Gasteiger partial charge is 0.508 e. The van der Waals surface area contributed by atoms with Gasteiger partial charge in [0.2, 0.25) is 0 Å². The summed E-state index contributed by atoms with van der Waals surface area (Å²) in [7, 11) is 0. The minimum atomic E-state index is -0.463. The number of carbonyl (C=O) groups is 2. The number of carbonyl (C=O) groups excluding carboxylic acids is 2. The van der Waals surface area contributed by atoms with Crippen LogP contribution < -0.4 is 4.90 Å². The number of nitrogens with zero attached hydrogens (tertiary/aromatic N) is 1. The van der Waals surface area contributed by atoms with Gasteiger partial charge in [-0.3, -0.25) is 9.59 Å². The summed E-state index contributed by atoms with van der Waals surface area (Å²) in [4.78, 5) is 25.8. The molecule has 2 aromatic carbocycles. The van der Waals surface area contributed by atoms with Gasteiger partial charge in [0.1, 0.15) is 5.75 Å². The van der Waals surface area contributed by atoms with Crippen LogP contribution in [0.25, 0.3) is 6.08 Å². The van der Waals surface area contributed by atoms with Gasteiger partial charge in [0, 0.05) is 11.1 Å². The van der Waals surface area contributed by atoms with E-state index in [1.165, 1.54) is 18.2 Å². The van der Waals surface area contributed by atoms with Crippen molar-refractivity contribution in [1.82, 2.24) is 0 Å². The zero-order chi connectivity index (χ0) is 17.1. The molecule has 24 heavy (non-hydrogen) atoms. The zero-order valence-electron chi connectivity index (χ0n) is 12.3. The van der Waals surface area contributed by atoms with Crippen LogP contribution in [0.15, 0.2) is 70.6 Å².